The Hall–Kier alpha value is -1.55. The molecule has 17 heavy (non-hydrogen) atoms. The van der Waals surface area contributed by atoms with Crippen molar-refractivity contribution in [3.8, 4) is 0 Å². The fourth-order valence-corrected chi connectivity index (χ4v) is 1.87. The lowest BCUT2D eigenvalue weighted by molar-refractivity contribution is 1.20. The number of nitrogens with one attached hydrogen (secondary N) is 1. The molecule has 0 spiro atoms. The van der Waals surface area contributed by atoms with E-state index in [2.05, 4.69) is 39.2 Å². The first-order chi connectivity index (χ1) is 8.06. The average Bonchev–Trinajstić information content (AvgIpc) is 2.29. The molecule has 4 heteroatoms. The molecule has 0 bridgehead atoms. The number of benzene rings is 1. The van der Waals surface area contributed by atoms with Crippen molar-refractivity contribution in [2.24, 2.45) is 0 Å². The third kappa shape index (κ3) is 2.77. The molecular weight excluding hydrogens is 278 g/mol. The standard InChI is InChI=1S/C13H14BrN3/c1-8-3-4-10(14)7-12(8)17-13-6-5-11(15)9(2)16-13/h3-7H,15H2,1-2H3,(H,16,17). The molecule has 2 aromatic rings. The largest absolute Gasteiger partial charge is 0.397 e. The van der Waals surface area contributed by atoms with Crippen molar-refractivity contribution in [3.63, 3.8) is 0 Å². The Morgan fingerprint density at radius 2 is 1.94 bits per heavy atom. The molecule has 0 radical (unpaired) electrons. The van der Waals surface area contributed by atoms with Crippen molar-refractivity contribution in [3.05, 3.63) is 46.1 Å². The second-order valence-corrected chi connectivity index (χ2v) is 4.87. The number of hydrogen-bond donors (Lipinski definition) is 2. The summed E-state index contributed by atoms with van der Waals surface area (Å²) in [7, 11) is 0. The zero-order valence-corrected chi connectivity index (χ0v) is 11.4. The van der Waals surface area contributed by atoms with Crippen molar-refractivity contribution in [1.29, 1.82) is 0 Å². The second kappa shape index (κ2) is 4.75. The third-order valence-corrected chi connectivity index (χ3v) is 3.08. The number of nitrogens with zero attached hydrogens (tertiary/aromatic N) is 1. The van der Waals surface area contributed by atoms with Crippen LogP contribution < -0.4 is 11.1 Å². The normalized spacial score (nSPS) is 10.3. The summed E-state index contributed by atoms with van der Waals surface area (Å²) in [6, 6.07) is 9.84. The molecule has 0 unspecified atom stereocenters. The van der Waals surface area contributed by atoms with E-state index >= 15 is 0 Å². The summed E-state index contributed by atoms with van der Waals surface area (Å²) >= 11 is 3.46. The number of nitrogens with two attached hydrogens (primary N) is 1. The lowest BCUT2D eigenvalue weighted by Crippen LogP contribution is -1.99. The Morgan fingerprint density at radius 1 is 1.18 bits per heavy atom. The zero-order chi connectivity index (χ0) is 12.4. The molecule has 3 N–H and O–H groups in total. The first-order valence-electron chi connectivity index (χ1n) is 5.32. The van der Waals surface area contributed by atoms with Gasteiger partial charge in [0, 0.05) is 10.2 Å². The van der Waals surface area contributed by atoms with Crippen LogP contribution >= 0.6 is 15.9 Å². The van der Waals surface area contributed by atoms with Crippen LogP contribution in [0.15, 0.2) is 34.8 Å². The van der Waals surface area contributed by atoms with Crippen LogP contribution in [0.5, 0.6) is 0 Å². The van der Waals surface area contributed by atoms with Crippen molar-refractivity contribution in [2.75, 3.05) is 11.1 Å². The minimum Gasteiger partial charge on any atom is -0.397 e. The molecule has 0 aliphatic rings. The van der Waals surface area contributed by atoms with E-state index in [0.717, 1.165) is 21.7 Å². The fourth-order valence-electron chi connectivity index (χ4n) is 1.51. The van der Waals surface area contributed by atoms with E-state index in [9.17, 15) is 0 Å². The Morgan fingerprint density at radius 3 is 2.65 bits per heavy atom. The first-order valence-corrected chi connectivity index (χ1v) is 6.12. The number of anilines is 3. The van der Waals surface area contributed by atoms with E-state index < -0.39 is 0 Å². The zero-order valence-electron chi connectivity index (χ0n) is 9.79. The predicted molar refractivity (Wildman–Crippen MR) is 75.5 cm³/mol. The quantitative estimate of drug-likeness (QED) is 0.885. The molecule has 0 amide bonds. The molecule has 1 aromatic carbocycles. The molecule has 2 rings (SSSR count). The molecule has 0 atom stereocenters. The summed E-state index contributed by atoms with van der Waals surface area (Å²) in [6.07, 6.45) is 0. The molecule has 0 aliphatic carbocycles. The highest BCUT2D eigenvalue weighted by Gasteiger charge is 2.02. The Kier molecular flexibility index (Phi) is 3.33. The van der Waals surface area contributed by atoms with Crippen LogP contribution in [-0.2, 0) is 0 Å². The molecule has 0 aliphatic heterocycles. The Bertz CT molecular complexity index is 552. The minimum atomic E-state index is 0.710. The van der Waals surface area contributed by atoms with E-state index in [-0.39, 0.29) is 0 Å². The van der Waals surface area contributed by atoms with Crippen LogP contribution in [0.4, 0.5) is 17.2 Å². The summed E-state index contributed by atoms with van der Waals surface area (Å²) in [6.45, 7) is 3.95. The van der Waals surface area contributed by atoms with Gasteiger partial charge < -0.3 is 11.1 Å². The SMILES string of the molecule is Cc1ccc(Br)cc1Nc1ccc(N)c(C)n1. The lowest BCUT2D eigenvalue weighted by atomic mass is 10.2. The number of halogens is 1. The number of hydrogen-bond acceptors (Lipinski definition) is 3. The topological polar surface area (TPSA) is 50.9 Å². The third-order valence-electron chi connectivity index (χ3n) is 2.59. The Balaban J connectivity index is 2.31. The number of nitrogen functional groups attached to an aromatic ring is 1. The van der Waals surface area contributed by atoms with Gasteiger partial charge in [-0.2, -0.15) is 0 Å². The molecule has 1 aromatic heterocycles. The molecule has 88 valence electrons. The van der Waals surface area contributed by atoms with Gasteiger partial charge in [0.25, 0.3) is 0 Å². The van der Waals surface area contributed by atoms with Crippen LogP contribution in [0.1, 0.15) is 11.3 Å². The number of aryl methyl sites for hydroxylation is 2. The van der Waals surface area contributed by atoms with Crippen LogP contribution in [0, 0.1) is 13.8 Å². The van der Waals surface area contributed by atoms with Gasteiger partial charge in [0.15, 0.2) is 0 Å². The van der Waals surface area contributed by atoms with E-state index in [1.54, 1.807) is 0 Å². The van der Waals surface area contributed by atoms with Crippen LogP contribution in [-0.4, -0.2) is 4.98 Å². The number of pyridine rings is 1. The molecule has 1 heterocycles. The predicted octanol–water partition coefficient (Wildman–Crippen LogP) is 3.79. The summed E-state index contributed by atoms with van der Waals surface area (Å²) in [5.74, 6) is 0.804. The maximum absolute atomic E-state index is 5.74. The van der Waals surface area contributed by atoms with E-state index in [1.807, 2.05) is 31.2 Å². The van der Waals surface area contributed by atoms with Crippen molar-refractivity contribution < 1.29 is 0 Å². The van der Waals surface area contributed by atoms with Crippen molar-refractivity contribution >= 4 is 33.1 Å². The molecule has 0 fully saturated rings. The monoisotopic (exact) mass is 291 g/mol. The van der Waals surface area contributed by atoms with Gasteiger partial charge in [0.2, 0.25) is 0 Å². The van der Waals surface area contributed by atoms with Gasteiger partial charge in [-0.15, -0.1) is 0 Å². The maximum atomic E-state index is 5.74. The van der Waals surface area contributed by atoms with Crippen LogP contribution in [0.2, 0.25) is 0 Å². The molecule has 0 saturated carbocycles. The number of rotatable bonds is 2. The van der Waals surface area contributed by atoms with Crippen LogP contribution in [0.3, 0.4) is 0 Å². The van der Waals surface area contributed by atoms with Crippen molar-refractivity contribution in [2.45, 2.75) is 13.8 Å². The minimum absolute atomic E-state index is 0.710. The van der Waals surface area contributed by atoms with E-state index in [0.29, 0.717) is 5.69 Å². The van der Waals surface area contributed by atoms with E-state index in [1.165, 1.54) is 5.56 Å². The van der Waals surface area contributed by atoms with Gasteiger partial charge in [-0.1, -0.05) is 22.0 Å². The van der Waals surface area contributed by atoms with Crippen molar-refractivity contribution in [1.82, 2.24) is 4.98 Å². The smallest absolute Gasteiger partial charge is 0.130 e. The van der Waals surface area contributed by atoms with E-state index in [4.69, 9.17) is 5.73 Å². The van der Waals surface area contributed by atoms with Gasteiger partial charge in [0.05, 0.1) is 11.4 Å². The molecule has 3 nitrogen and oxygen atoms in total. The highest BCUT2D eigenvalue weighted by atomic mass is 79.9. The molecule has 0 saturated heterocycles. The summed E-state index contributed by atoms with van der Waals surface area (Å²) in [5, 5.41) is 3.28. The highest BCUT2D eigenvalue weighted by Crippen LogP contribution is 2.24. The van der Waals surface area contributed by atoms with Crippen LogP contribution in [0.25, 0.3) is 0 Å². The van der Waals surface area contributed by atoms with Gasteiger partial charge >= 0.3 is 0 Å². The fraction of sp³-hybridized carbons (Fsp3) is 0.154. The van der Waals surface area contributed by atoms with Gasteiger partial charge in [-0.05, 0) is 43.7 Å². The van der Waals surface area contributed by atoms with Gasteiger partial charge in [-0.25, -0.2) is 4.98 Å². The summed E-state index contributed by atoms with van der Waals surface area (Å²) in [4.78, 5) is 4.39. The Labute approximate surface area is 109 Å². The maximum Gasteiger partial charge on any atom is 0.130 e. The summed E-state index contributed by atoms with van der Waals surface area (Å²) < 4.78 is 1.04. The first kappa shape index (κ1) is 11.9. The lowest BCUT2D eigenvalue weighted by Gasteiger charge is -2.10. The van der Waals surface area contributed by atoms with Gasteiger partial charge in [0.1, 0.15) is 5.82 Å². The molecular formula is C13H14BrN3. The number of aromatic nitrogens is 1. The summed E-state index contributed by atoms with van der Waals surface area (Å²) in [5.41, 5.74) is 9.49. The van der Waals surface area contributed by atoms with Gasteiger partial charge in [-0.3, -0.25) is 0 Å². The highest BCUT2D eigenvalue weighted by molar-refractivity contribution is 9.10. The average molecular weight is 292 g/mol. The second-order valence-electron chi connectivity index (χ2n) is 3.96.